The molecule has 0 atom stereocenters. The van der Waals surface area contributed by atoms with Crippen LogP contribution in [0.15, 0.2) is 54.6 Å². The van der Waals surface area contributed by atoms with E-state index in [4.69, 9.17) is 0 Å². The molecule has 0 spiro atoms. The molecule has 2 nitrogen and oxygen atoms in total. The van der Waals surface area contributed by atoms with Gasteiger partial charge in [0, 0.05) is 0 Å². The average Bonchev–Trinajstić information content (AvgIpc) is 2.45. The molecule has 0 fully saturated rings. The minimum atomic E-state index is 0.000497. The summed E-state index contributed by atoms with van der Waals surface area (Å²) in [6.07, 6.45) is 0. The molecule has 2 aromatic rings. The third kappa shape index (κ3) is 3.22. The molecule has 0 saturated carbocycles. The van der Waals surface area contributed by atoms with Gasteiger partial charge in [-0.1, -0.05) is 0 Å². The summed E-state index contributed by atoms with van der Waals surface area (Å²) in [5.41, 5.74) is 2.13. The molecule has 2 aromatic carbocycles. The van der Waals surface area contributed by atoms with Crippen LogP contribution in [0.3, 0.4) is 0 Å². The van der Waals surface area contributed by atoms with Gasteiger partial charge in [-0.2, -0.15) is 0 Å². The Morgan fingerprint density at radius 2 is 1.72 bits per heavy atom. The van der Waals surface area contributed by atoms with Gasteiger partial charge in [-0.15, -0.1) is 0 Å². The van der Waals surface area contributed by atoms with Crippen LogP contribution in [0.4, 0.5) is 0 Å². The van der Waals surface area contributed by atoms with Gasteiger partial charge in [0.15, 0.2) is 0 Å². The number of rotatable bonds is 4. The normalized spacial score (nSPS) is 10.1. The molecule has 92 valence electrons. The van der Waals surface area contributed by atoms with E-state index in [1.807, 2.05) is 30.3 Å². The second kappa shape index (κ2) is 6.39. The predicted molar refractivity (Wildman–Crippen MR) is 75.4 cm³/mol. The van der Waals surface area contributed by atoms with Crippen molar-refractivity contribution >= 4 is 25.3 Å². The summed E-state index contributed by atoms with van der Waals surface area (Å²) >= 11 is 0.282. The zero-order valence-electron chi connectivity index (χ0n) is 10.2. The summed E-state index contributed by atoms with van der Waals surface area (Å²) in [4.78, 5) is 11.7. The van der Waals surface area contributed by atoms with Gasteiger partial charge >= 0.3 is 114 Å². The van der Waals surface area contributed by atoms with Crippen LogP contribution in [0.5, 0.6) is 0 Å². The van der Waals surface area contributed by atoms with E-state index < -0.39 is 0 Å². The molecule has 2 rings (SSSR count). The topological polar surface area (TPSA) is 29.1 Å². The number of benzene rings is 2. The van der Waals surface area contributed by atoms with Gasteiger partial charge < -0.3 is 0 Å². The van der Waals surface area contributed by atoms with Crippen molar-refractivity contribution in [3.8, 4) is 0 Å². The molecule has 3 heteroatoms. The average molecular weight is 304 g/mol. The Balaban J connectivity index is 2.12. The van der Waals surface area contributed by atoms with Crippen molar-refractivity contribution in [2.45, 2.75) is 5.32 Å². The van der Waals surface area contributed by atoms with Gasteiger partial charge in [0.05, 0.1) is 0 Å². The molecule has 18 heavy (non-hydrogen) atoms. The summed E-state index contributed by atoms with van der Waals surface area (Å²) in [6.45, 7) is 0. The van der Waals surface area contributed by atoms with E-state index in [1.54, 1.807) is 7.05 Å². The Labute approximate surface area is 114 Å². The maximum absolute atomic E-state index is 11.7. The van der Waals surface area contributed by atoms with E-state index in [9.17, 15) is 4.79 Å². The Bertz CT molecular complexity index is 525. The molecular weight excluding hydrogens is 289 g/mol. The van der Waals surface area contributed by atoms with E-state index in [2.05, 4.69) is 29.6 Å². The monoisotopic (exact) mass is 305 g/mol. The van der Waals surface area contributed by atoms with Crippen LogP contribution >= 0.6 is 0 Å². The summed E-state index contributed by atoms with van der Waals surface area (Å²) in [6, 6.07) is 18.2. The van der Waals surface area contributed by atoms with E-state index in [0.29, 0.717) is 0 Å². The fraction of sp³-hybridized carbons (Fsp3) is 0.133. The van der Waals surface area contributed by atoms with Crippen molar-refractivity contribution in [1.82, 2.24) is 5.32 Å². The summed E-state index contributed by atoms with van der Waals surface area (Å²) in [7, 11) is 1.67. The SMILES string of the molecule is CNC(=O)c1ccccc1[Se]Cc1ccccc1. The Morgan fingerprint density at radius 1 is 1.06 bits per heavy atom. The third-order valence-corrected chi connectivity index (χ3v) is 5.00. The van der Waals surface area contributed by atoms with Crippen LogP contribution in [-0.2, 0) is 5.32 Å². The van der Waals surface area contributed by atoms with Crippen molar-refractivity contribution in [2.75, 3.05) is 7.05 Å². The zero-order chi connectivity index (χ0) is 12.8. The van der Waals surface area contributed by atoms with Crippen LogP contribution in [0.2, 0.25) is 0 Å². The number of hydrogen-bond acceptors (Lipinski definition) is 1. The summed E-state index contributed by atoms with van der Waals surface area (Å²) < 4.78 is 1.16. The van der Waals surface area contributed by atoms with E-state index in [0.717, 1.165) is 15.3 Å². The van der Waals surface area contributed by atoms with E-state index in [-0.39, 0.29) is 20.9 Å². The van der Waals surface area contributed by atoms with Gasteiger partial charge in [0.25, 0.3) is 0 Å². The number of nitrogens with one attached hydrogen (secondary N) is 1. The molecule has 0 aliphatic rings. The number of hydrogen-bond donors (Lipinski definition) is 1. The van der Waals surface area contributed by atoms with Crippen LogP contribution in [0.25, 0.3) is 0 Å². The minimum absolute atomic E-state index is 0.000497. The maximum atomic E-state index is 11.7. The fourth-order valence-corrected chi connectivity index (χ4v) is 3.76. The Morgan fingerprint density at radius 3 is 2.44 bits per heavy atom. The zero-order valence-corrected chi connectivity index (χ0v) is 11.9. The number of amides is 1. The molecule has 0 aliphatic heterocycles. The first-order valence-corrected chi connectivity index (χ1v) is 7.86. The van der Waals surface area contributed by atoms with Gasteiger partial charge in [-0.05, 0) is 0 Å². The molecule has 0 aromatic heterocycles. The molecular formula is C15H15NOSe. The van der Waals surface area contributed by atoms with Crippen molar-refractivity contribution < 1.29 is 4.79 Å². The molecule has 0 bridgehead atoms. The third-order valence-electron chi connectivity index (χ3n) is 2.60. The Kier molecular flexibility index (Phi) is 4.57. The standard InChI is InChI=1S/C15H15NOSe/c1-16-15(17)13-9-5-6-10-14(13)18-11-12-7-3-2-4-8-12/h2-10H,11H2,1H3,(H,16,17). The van der Waals surface area contributed by atoms with Gasteiger partial charge in [-0.3, -0.25) is 0 Å². The van der Waals surface area contributed by atoms with Gasteiger partial charge in [0.2, 0.25) is 0 Å². The summed E-state index contributed by atoms with van der Waals surface area (Å²) in [5, 5.41) is 3.71. The molecule has 1 N–H and O–H groups in total. The first-order chi connectivity index (χ1) is 8.81. The first-order valence-electron chi connectivity index (χ1n) is 5.79. The van der Waals surface area contributed by atoms with Crippen molar-refractivity contribution in [1.29, 1.82) is 0 Å². The van der Waals surface area contributed by atoms with E-state index in [1.165, 1.54) is 5.56 Å². The quantitative estimate of drug-likeness (QED) is 0.854. The number of carbonyl (C=O) groups excluding carboxylic acids is 1. The summed E-state index contributed by atoms with van der Waals surface area (Å²) in [5.74, 6) is 0.000497. The molecule has 0 radical (unpaired) electrons. The molecule has 0 saturated heterocycles. The van der Waals surface area contributed by atoms with Crippen LogP contribution in [0, 0.1) is 0 Å². The van der Waals surface area contributed by atoms with Crippen molar-refractivity contribution in [2.24, 2.45) is 0 Å². The van der Waals surface area contributed by atoms with Crippen LogP contribution < -0.4 is 9.78 Å². The van der Waals surface area contributed by atoms with Crippen LogP contribution in [-0.4, -0.2) is 27.9 Å². The molecule has 0 heterocycles. The first kappa shape index (κ1) is 12.9. The van der Waals surface area contributed by atoms with Crippen LogP contribution in [0.1, 0.15) is 15.9 Å². The van der Waals surface area contributed by atoms with Crippen molar-refractivity contribution in [3.63, 3.8) is 0 Å². The van der Waals surface area contributed by atoms with Gasteiger partial charge in [-0.25, -0.2) is 0 Å². The predicted octanol–water partition coefficient (Wildman–Crippen LogP) is 1.58. The molecule has 0 aliphatic carbocycles. The Hall–Kier alpha value is -1.57. The van der Waals surface area contributed by atoms with Gasteiger partial charge in [0.1, 0.15) is 0 Å². The number of carbonyl (C=O) groups is 1. The molecule has 1 amide bonds. The second-order valence-corrected chi connectivity index (χ2v) is 5.98. The molecule has 0 unspecified atom stereocenters. The van der Waals surface area contributed by atoms with Crippen molar-refractivity contribution in [3.05, 3.63) is 65.7 Å². The fourth-order valence-electron chi connectivity index (χ4n) is 1.65. The second-order valence-electron chi connectivity index (χ2n) is 3.85. The van der Waals surface area contributed by atoms with E-state index >= 15 is 0 Å².